The van der Waals surface area contributed by atoms with Crippen LogP contribution in [-0.4, -0.2) is 64.4 Å². The molecule has 0 unspecified atom stereocenters. The van der Waals surface area contributed by atoms with Gasteiger partial charge < -0.3 is 14.6 Å². The quantitative estimate of drug-likeness (QED) is 0.799. The highest BCUT2D eigenvalue weighted by Gasteiger charge is 2.33. The second-order valence-corrected chi connectivity index (χ2v) is 9.41. The summed E-state index contributed by atoms with van der Waals surface area (Å²) in [6, 6.07) is 0.634. The molecule has 2 aromatic rings. The molecule has 2 aromatic heterocycles. The first kappa shape index (κ1) is 19.2. The fraction of sp³-hybridized carbons (Fsp3) is 0.667. The lowest BCUT2D eigenvalue weighted by Crippen LogP contribution is -2.46. The zero-order valence-corrected chi connectivity index (χ0v) is 17.3. The minimum atomic E-state index is -0.747. The molecule has 29 heavy (non-hydrogen) atoms. The van der Waals surface area contributed by atoms with E-state index < -0.39 is 5.97 Å². The van der Waals surface area contributed by atoms with Crippen LogP contribution in [0, 0.1) is 0 Å². The van der Waals surface area contributed by atoms with Gasteiger partial charge in [-0.1, -0.05) is 0 Å². The van der Waals surface area contributed by atoms with Gasteiger partial charge in [0.25, 0.3) is 0 Å². The topological polar surface area (TPSA) is 84.8 Å². The molecule has 0 bridgehead atoms. The summed E-state index contributed by atoms with van der Waals surface area (Å²) in [5.41, 5.74) is 1.13. The van der Waals surface area contributed by atoms with Gasteiger partial charge >= 0.3 is 5.97 Å². The molecule has 3 heterocycles. The van der Waals surface area contributed by atoms with E-state index in [1.807, 2.05) is 0 Å². The molecule has 2 aliphatic carbocycles. The summed E-state index contributed by atoms with van der Waals surface area (Å²) >= 11 is 1.67. The number of nitrogens with zero attached hydrogens (tertiary/aromatic N) is 3. The van der Waals surface area contributed by atoms with E-state index in [1.54, 1.807) is 17.7 Å². The van der Waals surface area contributed by atoms with Crippen LogP contribution in [0.2, 0.25) is 0 Å². The van der Waals surface area contributed by atoms with Gasteiger partial charge in [0.15, 0.2) is 0 Å². The van der Waals surface area contributed by atoms with Gasteiger partial charge in [-0.3, -0.25) is 9.69 Å². The molecule has 2 fully saturated rings. The second kappa shape index (κ2) is 8.16. The van der Waals surface area contributed by atoms with Crippen LogP contribution in [-0.2, 0) is 16.0 Å². The molecule has 156 valence electrons. The Bertz CT molecular complexity index is 887. The van der Waals surface area contributed by atoms with Gasteiger partial charge in [0.1, 0.15) is 17.3 Å². The number of hydrogen-bond acceptors (Lipinski definition) is 7. The van der Waals surface area contributed by atoms with Gasteiger partial charge in [-0.2, -0.15) is 0 Å². The summed E-state index contributed by atoms with van der Waals surface area (Å²) in [6.45, 7) is 3.76. The molecular weight excluding hydrogens is 390 g/mol. The predicted octanol–water partition coefficient (Wildman–Crippen LogP) is 3.22. The summed E-state index contributed by atoms with van der Waals surface area (Å²) in [7, 11) is 0. The van der Waals surface area contributed by atoms with Crippen molar-refractivity contribution in [2.24, 2.45) is 0 Å². The number of aryl methyl sites for hydroxylation is 1. The van der Waals surface area contributed by atoms with E-state index in [0.29, 0.717) is 11.9 Å². The lowest BCUT2D eigenvalue weighted by Gasteiger charge is -2.38. The van der Waals surface area contributed by atoms with Crippen LogP contribution in [0.5, 0.6) is 5.88 Å². The van der Waals surface area contributed by atoms with Crippen LogP contribution in [0.3, 0.4) is 0 Å². The highest BCUT2D eigenvalue weighted by molar-refractivity contribution is 7.19. The average Bonchev–Trinajstić information content (AvgIpc) is 3.29. The van der Waals surface area contributed by atoms with Crippen LogP contribution in [0.1, 0.15) is 54.9 Å². The normalized spacial score (nSPS) is 27.8. The lowest BCUT2D eigenvalue weighted by molar-refractivity contribution is -0.137. The largest absolute Gasteiger partial charge is 0.481 e. The standard InChI is InChI=1S/C21H27N3O4S/c25-17(26)11-13-1-6-16-18(13)19-20(22-12-23-21(19)29-16)28-15-4-2-14(3-5-15)24-7-9-27-10-8-24/h12-15H,1-11H2,(H,25,26)/t13-,14-,15-/m1/s1. The number of carboxylic acids is 1. The maximum absolute atomic E-state index is 11.3. The number of hydrogen-bond donors (Lipinski definition) is 1. The van der Waals surface area contributed by atoms with E-state index in [1.165, 1.54) is 4.88 Å². The molecule has 1 aliphatic heterocycles. The maximum Gasteiger partial charge on any atom is 0.303 e. The predicted molar refractivity (Wildman–Crippen MR) is 110 cm³/mol. The Morgan fingerprint density at radius 1 is 1.21 bits per heavy atom. The highest BCUT2D eigenvalue weighted by Crippen LogP contribution is 2.47. The first-order valence-corrected chi connectivity index (χ1v) is 11.5. The third-order valence-corrected chi connectivity index (χ3v) is 7.77. The fourth-order valence-electron chi connectivity index (χ4n) is 5.17. The molecule has 0 spiro atoms. The van der Waals surface area contributed by atoms with Crippen molar-refractivity contribution in [1.82, 2.24) is 14.9 Å². The number of aliphatic carboxylic acids is 1. The van der Waals surface area contributed by atoms with Crippen molar-refractivity contribution in [3.8, 4) is 5.88 Å². The van der Waals surface area contributed by atoms with Crippen molar-refractivity contribution in [1.29, 1.82) is 0 Å². The summed E-state index contributed by atoms with van der Waals surface area (Å²) in [5.74, 6) is -0.0516. The van der Waals surface area contributed by atoms with Crippen molar-refractivity contribution in [2.75, 3.05) is 26.3 Å². The number of fused-ring (bicyclic) bond motifs is 3. The molecule has 1 saturated carbocycles. The van der Waals surface area contributed by atoms with E-state index in [-0.39, 0.29) is 18.4 Å². The van der Waals surface area contributed by atoms with Crippen LogP contribution >= 0.6 is 11.3 Å². The molecule has 0 aromatic carbocycles. The number of rotatable bonds is 5. The maximum atomic E-state index is 11.3. The summed E-state index contributed by atoms with van der Waals surface area (Å²) in [4.78, 5) is 25.0. The molecule has 8 heteroatoms. The molecule has 0 amide bonds. The van der Waals surface area contributed by atoms with Crippen LogP contribution in [0.15, 0.2) is 6.33 Å². The molecule has 5 rings (SSSR count). The van der Waals surface area contributed by atoms with E-state index in [0.717, 1.165) is 80.6 Å². The molecule has 7 nitrogen and oxygen atoms in total. The number of carboxylic acid groups (broad SMARTS) is 1. The number of carbonyl (C=O) groups is 1. The SMILES string of the molecule is O=C(O)C[C@H]1CCc2sc3ncnc(O[C@H]4CC[C@H](N5CCOCC5)CC4)c3c21. The zero-order valence-electron chi connectivity index (χ0n) is 16.5. The Hall–Kier alpha value is -1.77. The zero-order chi connectivity index (χ0) is 19.8. The van der Waals surface area contributed by atoms with E-state index >= 15 is 0 Å². The van der Waals surface area contributed by atoms with Gasteiger partial charge in [-0.15, -0.1) is 11.3 Å². The van der Waals surface area contributed by atoms with Gasteiger partial charge in [0.2, 0.25) is 5.88 Å². The van der Waals surface area contributed by atoms with Crippen molar-refractivity contribution in [3.63, 3.8) is 0 Å². The summed E-state index contributed by atoms with van der Waals surface area (Å²) in [6.07, 6.45) is 8.06. The molecule has 1 saturated heterocycles. The Morgan fingerprint density at radius 3 is 2.76 bits per heavy atom. The van der Waals surface area contributed by atoms with Crippen molar-refractivity contribution >= 4 is 27.5 Å². The Morgan fingerprint density at radius 2 is 2.00 bits per heavy atom. The van der Waals surface area contributed by atoms with Crippen LogP contribution in [0.25, 0.3) is 10.2 Å². The minimum Gasteiger partial charge on any atom is -0.481 e. The molecular formula is C21H27N3O4S. The van der Waals surface area contributed by atoms with E-state index in [2.05, 4.69) is 14.9 Å². The summed E-state index contributed by atoms with van der Waals surface area (Å²) in [5, 5.41) is 10.3. The van der Waals surface area contributed by atoms with Gasteiger partial charge in [-0.05, 0) is 50.0 Å². The van der Waals surface area contributed by atoms with E-state index in [4.69, 9.17) is 9.47 Å². The number of ether oxygens (including phenoxy) is 2. The Balaban J connectivity index is 1.32. The fourth-order valence-corrected chi connectivity index (χ4v) is 6.40. The lowest BCUT2D eigenvalue weighted by atomic mass is 9.91. The van der Waals surface area contributed by atoms with Crippen LogP contribution in [0.4, 0.5) is 0 Å². The average molecular weight is 418 g/mol. The van der Waals surface area contributed by atoms with E-state index in [9.17, 15) is 9.90 Å². The van der Waals surface area contributed by atoms with Gasteiger partial charge in [0.05, 0.1) is 25.0 Å². The molecule has 1 atom stereocenters. The molecule has 1 N–H and O–H groups in total. The van der Waals surface area contributed by atoms with Gasteiger partial charge in [-0.25, -0.2) is 9.97 Å². The third kappa shape index (κ3) is 3.85. The van der Waals surface area contributed by atoms with Crippen molar-refractivity contribution in [3.05, 3.63) is 16.8 Å². The van der Waals surface area contributed by atoms with Crippen LogP contribution < -0.4 is 4.74 Å². The first-order chi connectivity index (χ1) is 14.2. The number of aromatic nitrogens is 2. The minimum absolute atomic E-state index is 0.0432. The molecule has 3 aliphatic rings. The smallest absolute Gasteiger partial charge is 0.303 e. The Kier molecular flexibility index (Phi) is 5.41. The Labute approximate surface area is 174 Å². The monoisotopic (exact) mass is 417 g/mol. The highest BCUT2D eigenvalue weighted by atomic mass is 32.1. The third-order valence-electron chi connectivity index (χ3n) is 6.60. The first-order valence-electron chi connectivity index (χ1n) is 10.7. The molecule has 0 radical (unpaired) electrons. The second-order valence-electron chi connectivity index (χ2n) is 8.33. The van der Waals surface area contributed by atoms with Gasteiger partial charge in [0, 0.05) is 24.0 Å². The summed E-state index contributed by atoms with van der Waals surface area (Å²) < 4.78 is 11.9. The number of morpholine rings is 1. The number of thiophene rings is 1. The van der Waals surface area contributed by atoms with Crippen molar-refractivity contribution < 1.29 is 19.4 Å². The van der Waals surface area contributed by atoms with Crippen molar-refractivity contribution in [2.45, 2.75) is 63.0 Å².